The second-order valence-electron chi connectivity index (χ2n) is 8.34. The summed E-state index contributed by atoms with van der Waals surface area (Å²) in [6, 6.07) is 18.3. The molecular weight excluding hydrogens is 446 g/mol. The van der Waals surface area contributed by atoms with Crippen LogP contribution in [0.15, 0.2) is 70.9 Å². The zero-order valence-corrected chi connectivity index (χ0v) is 19.2. The number of carbonyl (C=O) groups excluding carboxylic acids is 2. The van der Waals surface area contributed by atoms with Crippen molar-refractivity contribution in [2.75, 3.05) is 18.4 Å². The number of hydrogen-bond acceptors (Lipinski definition) is 7. The molecule has 4 rings (SSSR count). The molecule has 1 aliphatic heterocycles. The monoisotopic (exact) mass is 471 g/mol. The quantitative estimate of drug-likeness (QED) is 0.273. The van der Waals surface area contributed by atoms with Crippen LogP contribution >= 0.6 is 0 Å². The number of hydrogen-bond donors (Lipinski definition) is 3. The molecule has 1 fully saturated rings. The molecule has 0 spiro atoms. The van der Waals surface area contributed by atoms with E-state index in [1.165, 1.54) is 11.8 Å². The van der Waals surface area contributed by atoms with E-state index in [2.05, 4.69) is 32.8 Å². The zero-order chi connectivity index (χ0) is 24.8. The van der Waals surface area contributed by atoms with Crippen molar-refractivity contribution in [1.82, 2.24) is 15.4 Å². The minimum Gasteiger partial charge on any atom is -0.506 e. The fourth-order valence-electron chi connectivity index (χ4n) is 3.97. The summed E-state index contributed by atoms with van der Waals surface area (Å²) in [5.74, 6) is -1.21. The number of carbonyl (C=O) groups is 2. The van der Waals surface area contributed by atoms with Crippen molar-refractivity contribution in [2.24, 2.45) is 0 Å². The fourth-order valence-corrected chi connectivity index (χ4v) is 3.97. The molecule has 2 amide bonds. The van der Waals surface area contributed by atoms with Gasteiger partial charge in [-0.05, 0) is 43.2 Å². The van der Waals surface area contributed by atoms with Gasteiger partial charge in [0.2, 0.25) is 0 Å². The molecule has 1 saturated heterocycles. The molecule has 1 aliphatic rings. The molecule has 0 saturated carbocycles. The van der Waals surface area contributed by atoms with Crippen LogP contribution in [0.25, 0.3) is 5.76 Å². The Hall–Kier alpha value is -4.42. The second kappa shape index (κ2) is 10.7. The van der Waals surface area contributed by atoms with Gasteiger partial charge in [0, 0.05) is 36.9 Å². The van der Waals surface area contributed by atoms with Gasteiger partial charge < -0.3 is 20.3 Å². The van der Waals surface area contributed by atoms with E-state index in [9.17, 15) is 20.0 Å². The number of rotatable bonds is 7. The van der Waals surface area contributed by atoms with Crippen LogP contribution < -0.4 is 10.6 Å². The lowest BCUT2D eigenvalue weighted by atomic mass is 10.1. The van der Waals surface area contributed by atoms with Crippen LogP contribution in [0.3, 0.4) is 0 Å². The van der Waals surface area contributed by atoms with E-state index in [1.807, 2.05) is 18.2 Å². The van der Waals surface area contributed by atoms with E-state index in [4.69, 9.17) is 4.52 Å². The molecule has 2 heterocycles. The maximum absolute atomic E-state index is 12.7. The van der Waals surface area contributed by atoms with Crippen LogP contribution in [0.2, 0.25) is 0 Å². The van der Waals surface area contributed by atoms with E-state index in [-0.39, 0.29) is 23.3 Å². The number of nitriles is 1. The molecule has 3 aromatic rings. The van der Waals surface area contributed by atoms with Crippen molar-refractivity contribution in [1.29, 1.82) is 5.26 Å². The number of aliphatic hydroxyl groups is 1. The van der Waals surface area contributed by atoms with Gasteiger partial charge in [0.05, 0.1) is 11.8 Å². The Morgan fingerprint density at radius 3 is 2.60 bits per heavy atom. The first-order chi connectivity index (χ1) is 16.9. The predicted molar refractivity (Wildman–Crippen MR) is 129 cm³/mol. The van der Waals surface area contributed by atoms with Crippen molar-refractivity contribution < 1.29 is 19.2 Å². The summed E-state index contributed by atoms with van der Waals surface area (Å²) in [5, 5.41) is 28.8. The SMILES string of the molecule is Cc1oncc1/C(O)=C(\C#N)C(=O)Nc1ccc(C(=O)NC2CCN(Cc3ccccc3)C2)cc1. The first-order valence-corrected chi connectivity index (χ1v) is 11.2. The Labute approximate surface area is 202 Å². The third kappa shape index (κ3) is 5.75. The van der Waals surface area contributed by atoms with Gasteiger partial charge in [-0.15, -0.1) is 0 Å². The summed E-state index contributed by atoms with van der Waals surface area (Å²) in [5.41, 5.74) is 1.78. The Kier molecular flexibility index (Phi) is 7.24. The van der Waals surface area contributed by atoms with E-state index < -0.39 is 17.2 Å². The minimum atomic E-state index is -0.785. The second-order valence-corrected chi connectivity index (χ2v) is 8.34. The maximum Gasteiger partial charge on any atom is 0.270 e. The minimum absolute atomic E-state index is 0.0674. The Bertz CT molecular complexity index is 1280. The fraction of sp³-hybridized carbons (Fsp3) is 0.231. The van der Waals surface area contributed by atoms with Crippen LogP contribution in [0.4, 0.5) is 5.69 Å². The summed E-state index contributed by atoms with van der Waals surface area (Å²) >= 11 is 0. The molecule has 178 valence electrons. The average molecular weight is 472 g/mol. The highest BCUT2D eigenvalue weighted by Gasteiger charge is 2.24. The van der Waals surface area contributed by atoms with Gasteiger partial charge in [-0.1, -0.05) is 35.5 Å². The van der Waals surface area contributed by atoms with Gasteiger partial charge in [-0.25, -0.2) is 0 Å². The normalized spacial score (nSPS) is 16.3. The largest absolute Gasteiger partial charge is 0.506 e. The van der Waals surface area contributed by atoms with Gasteiger partial charge >= 0.3 is 0 Å². The predicted octanol–water partition coefficient (Wildman–Crippen LogP) is 3.42. The highest BCUT2D eigenvalue weighted by Crippen LogP contribution is 2.21. The van der Waals surface area contributed by atoms with Crippen molar-refractivity contribution in [3.05, 3.63) is 88.8 Å². The van der Waals surface area contributed by atoms with Gasteiger partial charge in [0.15, 0.2) is 11.3 Å². The molecular formula is C26H25N5O4. The number of benzene rings is 2. The molecule has 35 heavy (non-hydrogen) atoms. The summed E-state index contributed by atoms with van der Waals surface area (Å²) in [6.45, 7) is 4.11. The lowest BCUT2D eigenvalue weighted by Gasteiger charge is -2.17. The van der Waals surface area contributed by atoms with Crippen molar-refractivity contribution in [3.63, 3.8) is 0 Å². The third-order valence-electron chi connectivity index (χ3n) is 5.84. The Morgan fingerprint density at radius 2 is 1.94 bits per heavy atom. The van der Waals surface area contributed by atoms with E-state index >= 15 is 0 Å². The van der Waals surface area contributed by atoms with E-state index in [0.29, 0.717) is 11.3 Å². The highest BCUT2D eigenvalue weighted by atomic mass is 16.5. The topological polar surface area (TPSA) is 131 Å². The molecule has 1 atom stereocenters. The number of likely N-dealkylation sites (tertiary alicyclic amines) is 1. The maximum atomic E-state index is 12.7. The molecule has 2 aromatic carbocycles. The smallest absolute Gasteiger partial charge is 0.270 e. The van der Waals surface area contributed by atoms with Crippen molar-refractivity contribution in [2.45, 2.75) is 25.9 Å². The van der Waals surface area contributed by atoms with Crippen LogP contribution in [-0.4, -0.2) is 46.1 Å². The number of nitrogens with zero attached hydrogens (tertiary/aromatic N) is 3. The average Bonchev–Trinajstić information content (AvgIpc) is 3.49. The molecule has 1 unspecified atom stereocenters. The number of aromatic nitrogens is 1. The van der Waals surface area contributed by atoms with Crippen LogP contribution in [0, 0.1) is 18.3 Å². The van der Waals surface area contributed by atoms with Crippen LogP contribution in [0.5, 0.6) is 0 Å². The van der Waals surface area contributed by atoms with Crippen molar-refractivity contribution in [3.8, 4) is 6.07 Å². The number of aryl methyl sites for hydroxylation is 1. The first-order valence-electron chi connectivity index (χ1n) is 11.2. The molecule has 3 N–H and O–H groups in total. The number of aliphatic hydroxyl groups excluding tert-OH is 1. The van der Waals surface area contributed by atoms with E-state index in [1.54, 1.807) is 37.3 Å². The summed E-state index contributed by atoms with van der Waals surface area (Å²) < 4.78 is 4.87. The van der Waals surface area contributed by atoms with Gasteiger partial charge in [0.1, 0.15) is 11.8 Å². The van der Waals surface area contributed by atoms with E-state index in [0.717, 1.165) is 26.1 Å². The lowest BCUT2D eigenvalue weighted by Crippen LogP contribution is -2.37. The number of anilines is 1. The molecule has 0 radical (unpaired) electrons. The van der Waals surface area contributed by atoms with Gasteiger partial charge in [-0.2, -0.15) is 5.26 Å². The third-order valence-corrected chi connectivity index (χ3v) is 5.84. The summed E-state index contributed by atoms with van der Waals surface area (Å²) in [7, 11) is 0. The molecule has 0 aliphatic carbocycles. The Balaban J connectivity index is 1.33. The molecule has 9 heteroatoms. The molecule has 0 bridgehead atoms. The van der Waals surface area contributed by atoms with Gasteiger partial charge in [0.25, 0.3) is 11.8 Å². The molecule has 9 nitrogen and oxygen atoms in total. The Morgan fingerprint density at radius 1 is 1.20 bits per heavy atom. The van der Waals surface area contributed by atoms with Crippen molar-refractivity contribution >= 4 is 23.3 Å². The summed E-state index contributed by atoms with van der Waals surface area (Å²) in [4.78, 5) is 27.5. The number of amides is 2. The zero-order valence-electron chi connectivity index (χ0n) is 19.2. The van der Waals surface area contributed by atoms with Crippen LogP contribution in [0.1, 0.15) is 33.7 Å². The summed E-state index contributed by atoms with van der Waals surface area (Å²) in [6.07, 6.45) is 2.11. The molecule has 1 aromatic heterocycles. The first kappa shape index (κ1) is 23.7. The highest BCUT2D eigenvalue weighted by molar-refractivity contribution is 6.11. The van der Waals surface area contributed by atoms with Gasteiger partial charge in [-0.3, -0.25) is 14.5 Å². The number of nitrogens with one attached hydrogen (secondary N) is 2. The lowest BCUT2D eigenvalue weighted by molar-refractivity contribution is -0.112. The van der Waals surface area contributed by atoms with Crippen LogP contribution in [-0.2, 0) is 11.3 Å². The standard InChI is InChI=1S/C26H25N5O4/c1-17-23(14-28-35-17)24(32)22(13-27)26(34)29-20-9-7-19(8-10-20)25(33)30-21-11-12-31(16-21)15-18-5-3-2-4-6-18/h2-10,14,21,32H,11-12,15-16H2,1H3,(H,29,34)(H,30,33)/b24-22-.